The Labute approximate surface area is 178 Å². The molecule has 1 atom stereocenters. The lowest BCUT2D eigenvalue weighted by Gasteiger charge is -2.20. The Balaban J connectivity index is 1.60. The lowest BCUT2D eigenvalue weighted by molar-refractivity contribution is 0.305. The van der Waals surface area contributed by atoms with Gasteiger partial charge in [-0.25, -0.2) is 4.39 Å². The highest BCUT2D eigenvalue weighted by molar-refractivity contribution is 7.98. The number of benzene rings is 2. The molecule has 0 N–H and O–H groups in total. The minimum atomic E-state index is -0.278. The zero-order chi connectivity index (χ0) is 21.1. The zero-order valence-electron chi connectivity index (χ0n) is 17.0. The molecule has 2 heterocycles. The van der Waals surface area contributed by atoms with Gasteiger partial charge in [0.15, 0.2) is 16.7 Å². The Morgan fingerprint density at radius 2 is 1.80 bits per heavy atom. The van der Waals surface area contributed by atoms with E-state index in [0.29, 0.717) is 5.75 Å². The van der Waals surface area contributed by atoms with Crippen LogP contribution in [0.2, 0.25) is 0 Å². The molecule has 0 aliphatic heterocycles. The van der Waals surface area contributed by atoms with Crippen LogP contribution in [0.1, 0.15) is 24.5 Å². The number of thioether (sulfide) groups is 1. The molecule has 0 aliphatic rings. The summed E-state index contributed by atoms with van der Waals surface area (Å²) in [5.41, 5.74) is 2.62. The number of hydrogen-bond acceptors (Lipinski definition) is 6. The average molecular weight is 424 g/mol. The van der Waals surface area contributed by atoms with E-state index in [9.17, 15) is 4.39 Å². The summed E-state index contributed by atoms with van der Waals surface area (Å²) in [6.07, 6.45) is 0. The van der Waals surface area contributed by atoms with Gasteiger partial charge in [0, 0.05) is 23.1 Å². The van der Waals surface area contributed by atoms with Crippen molar-refractivity contribution in [3.63, 3.8) is 0 Å². The molecule has 0 radical (unpaired) electrons. The smallest absolute Gasteiger partial charge is 0.196 e. The van der Waals surface area contributed by atoms with Crippen LogP contribution in [-0.2, 0) is 5.75 Å². The fourth-order valence-corrected chi connectivity index (χ4v) is 3.81. The molecule has 30 heavy (non-hydrogen) atoms. The third-order valence-corrected chi connectivity index (χ3v) is 5.82. The summed E-state index contributed by atoms with van der Waals surface area (Å²) in [5.74, 6) is 1.82. The van der Waals surface area contributed by atoms with Crippen LogP contribution in [0.3, 0.4) is 0 Å². The van der Waals surface area contributed by atoms with Crippen molar-refractivity contribution in [2.45, 2.75) is 23.9 Å². The first-order valence-corrected chi connectivity index (χ1v) is 10.5. The number of hydrogen-bond donors (Lipinski definition) is 0. The van der Waals surface area contributed by atoms with E-state index >= 15 is 0 Å². The molecule has 154 valence electrons. The molecule has 0 unspecified atom stereocenters. The van der Waals surface area contributed by atoms with E-state index in [0.717, 1.165) is 33.7 Å². The van der Waals surface area contributed by atoms with Crippen molar-refractivity contribution in [2.24, 2.45) is 0 Å². The van der Waals surface area contributed by atoms with Crippen LogP contribution in [0, 0.1) is 5.82 Å². The van der Waals surface area contributed by atoms with Crippen molar-refractivity contribution in [3.8, 4) is 17.0 Å². The fraction of sp³-hybridized carbons (Fsp3) is 0.227. The highest BCUT2D eigenvalue weighted by Crippen LogP contribution is 2.29. The Hall–Kier alpha value is -2.97. The molecule has 0 bridgehead atoms. The second kappa shape index (κ2) is 8.81. The second-order valence-electron chi connectivity index (χ2n) is 7.13. The summed E-state index contributed by atoms with van der Waals surface area (Å²) in [6.45, 7) is 2.06. The SMILES string of the molecule is C[C@@H](c1nnc(SCc2cc(-c3ccccc3)on2)n1-c1ccc(F)cc1)N(C)C. The molecule has 4 aromatic rings. The first kappa shape index (κ1) is 20.3. The van der Waals surface area contributed by atoms with Crippen molar-refractivity contribution in [3.05, 3.63) is 78.0 Å². The molecule has 0 saturated heterocycles. The molecular weight excluding hydrogens is 401 g/mol. The maximum atomic E-state index is 13.5. The Morgan fingerprint density at radius 3 is 2.50 bits per heavy atom. The average Bonchev–Trinajstić information content (AvgIpc) is 3.40. The van der Waals surface area contributed by atoms with Gasteiger partial charge in [-0.05, 0) is 45.3 Å². The summed E-state index contributed by atoms with van der Waals surface area (Å²) in [4.78, 5) is 2.06. The Morgan fingerprint density at radius 1 is 1.07 bits per heavy atom. The van der Waals surface area contributed by atoms with Gasteiger partial charge in [0.2, 0.25) is 0 Å². The van der Waals surface area contributed by atoms with Gasteiger partial charge < -0.3 is 4.52 Å². The van der Waals surface area contributed by atoms with Crippen LogP contribution >= 0.6 is 11.8 Å². The third kappa shape index (κ3) is 4.29. The minimum Gasteiger partial charge on any atom is -0.356 e. The van der Waals surface area contributed by atoms with Gasteiger partial charge in [0.25, 0.3) is 0 Å². The topological polar surface area (TPSA) is 60.0 Å². The van der Waals surface area contributed by atoms with Gasteiger partial charge >= 0.3 is 0 Å². The van der Waals surface area contributed by atoms with Crippen LogP contribution in [-0.4, -0.2) is 38.9 Å². The van der Waals surface area contributed by atoms with Gasteiger partial charge in [-0.3, -0.25) is 9.47 Å². The number of rotatable bonds is 7. The molecule has 8 heteroatoms. The van der Waals surface area contributed by atoms with Gasteiger partial charge in [-0.2, -0.15) is 0 Å². The molecule has 0 amide bonds. The summed E-state index contributed by atoms with van der Waals surface area (Å²) >= 11 is 1.51. The van der Waals surface area contributed by atoms with Crippen LogP contribution in [0.5, 0.6) is 0 Å². The maximum Gasteiger partial charge on any atom is 0.196 e. The summed E-state index contributed by atoms with van der Waals surface area (Å²) < 4.78 is 20.9. The number of halogens is 1. The molecule has 0 saturated carbocycles. The molecule has 2 aromatic carbocycles. The van der Waals surface area contributed by atoms with E-state index < -0.39 is 0 Å². The fourth-order valence-electron chi connectivity index (χ4n) is 2.97. The lowest BCUT2D eigenvalue weighted by atomic mass is 10.2. The van der Waals surface area contributed by atoms with Crippen molar-refractivity contribution < 1.29 is 8.91 Å². The first-order chi connectivity index (χ1) is 14.5. The summed E-state index contributed by atoms with van der Waals surface area (Å²) in [6, 6.07) is 18.2. The summed E-state index contributed by atoms with van der Waals surface area (Å²) in [7, 11) is 3.98. The number of aromatic nitrogens is 4. The van der Waals surface area contributed by atoms with Gasteiger partial charge in [-0.15, -0.1) is 10.2 Å². The molecule has 4 rings (SSSR count). The molecular formula is C22H22FN5OS. The van der Waals surface area contributed by atoms with Crippen LogP contribution in [0.25, 0.3) is 17.0 Å². The van der Waals surface area contributed by atoms with Crippen molar-refractivity contribution in [1.29, 1.82) is 0 Å². The summed E-state index contributed by atoms with van der Waals surface area (Å²) in [5, 5.41) is 13.7. The van der Waals surface area contributed by atoms with E-state index in [1.165, 1.54) is 23.9 Å². The van der Waals surface area contributed by atoms with Gasteiger partial charge in [0.1, 0.15) is 5.82 Å². The number of nitrogens with zero attached hydrogens (tertiary/aromatic N) is 5. The van der Waals surface area contributed by atoms with Crippen molar-refractivity contribution >= 4 is 11.8 Å². The molecule has 0 aliphatic carbocycles. The Bertz CT molecular complexity index is 1110. The van der Waals surface area contributed by atoms with Gasteiger partial charge in [-0.1, -0.05) is 47.3 Å². The van der Waals surface area contributed by atoms with Crippen molar-refractivity contribution in [2.75, 3.05) is 14.1 Å². The van der Waals surface area contributed by atoms with E-state index in [2.05, 4.69) is 27.2 Å². The standard InChI is InChI=1S/C22H22FN5OS/c1-15(27(2)3)21-24-25-22(28(21)19-11-9-17(23)10-12-19)30-14-18-13-20(29-26-18)16-7-5-4-6-8-16/h4-13,15H,14H2,1-3H3/t15-/m0/s1. The monoisotopic (exact) mass is 423 g/mol. The second-order valence-corrected chi connectivity index (χ2v) is 8.07. The predicted molar refractivity (Wildman–Crippen MR) is 115 cm³/mol. The molecule has 6 nitrogen and oxygen atoms in total. The van der Waals surface area contributed by atoms with Crippen LogP contribution in [0.15, 0.2) is 70.3 Å². The normalized spacial score (nSPS) is 12.4. The molecule has 2 aromatic heterocycles. The largest absolute Gasteiger partial charge is 0.356 e. The van der Waals surface area contributed by atoms with Crippen LogP contribution in [0.4, 0.5) is 4.39 Å². The predicted octanol–water partition coefficient (Wildman–Crippen LogP) is 4.98. The minimum absolute atomic E-state index is 0.0358. The highest BCUT2D eigenvalue weighted by Gasteiger charge is 2.21. The van der Waals surface area contributed by atoms with E-state index in [1.807, 2.05) is 55.1 Å². The zero-order valence-corrected chi connectivity index (χ0v) is 17.8. The highest BCUT2D eigenvalue weighted by atomic mass is 32.2. The van der Waals surface area contributed by atoms with Crippen LogP contribution < -0.4 is 0 Å². The first-order valence-electron chi connectivity index (χ1n) is 9.54. The maximum absolute atomic E-state index is 13.5. The quantitative estimate of drug-likeness (QED) is 0.391. The van der Waals surface area contributed by atoms with E-state index in [1.54, 1.807) is 12.1 Å². The van der Waals surface area contributed by atoms with Crippen molar-refractivity contribution in [1.82, 2.24) is 24.8 Å². The van der Waals surface area contributed by atoms with Gasteiger partial charge in [0.05, 0.1) is 11.7 Å². The van der Waals surface area contributed by atoms with E-state index in [-0.39, 0.29) is 11.9 Å². The Kier molecular flexibility index (Phi) is 5.96. The molecule has 0 fully saturated rings. The van der Waals surface area contributed by atoms with E-state index in [4.69, 9.17) is 4.52 Å². The third-order valence-electron chi connectivity index (χ3n) is 4.86. The lowest BCUT2D eigenvalue weighted by Crippen LogP contribution is -2.20. The molecule has 0 spiro atoms.